The number of carboxylic acids is 1. The Morgan fingerprint density at radius 3 is 3.10 bits per heavy atom. The molecule has 0 amide bonds. The lowest BCUT2D eigenvalue weighted by Gasteiger charge is -2.14. The van der Waals surface area contributed by atoms with Crippen LogP contribution in [-0.4, -0.2) is 22.6 Å². The third kappa shape index (κ3) is 3.47. The summed E-state index contributed by atoms with van der Waals surface area (Å²) >= 11 is 0. The molecule has 2 N–H and O–H groups in total. The van der Waals surface area contributed by atoms with Crippen LogP contribution in [0.4, 0.5) is 5.82 Å². The van der Waals surface area contributed by atoms with Crippen molar-refractivity contribution in [3.05, 3.63) is 22.9 Å². The zero-order chi connectivity index (χ0) is 14.5. The first-order valence-corrected chi connectivity index (χ1v) is 6.98. The van der Waals surface area contributed by atoms with Gasteiger partial charge >= 0.3 is 5.97 Å². The Balaban J connectivity index is 1.99. The van der Waals surface area contributed by atoms with Crippen LogP contribution in [0, 0.1) is 17.2 Å². The van der Waals surface area contributed by atoms with Crippen molar-refractivity contribution in [3.8, 4) is 6.07 Å². The molecule has 2 rings (SSSR count). The number of nitrogens with zero attached hydrogens (tertiary/aromatic N) is 2. The number of hydrogen-bond donors (Lipinski definition) is 2. The number of nitriles is 1. The van der Waals surface area contributed by atoms with Crippen molar-refractivity contribution in [2.75, 3.05) is 11.9 Å². The van der Waals surface area contributed by atoms with E-state index in [0.29, 0.717) is 24.3 Å². The van der Waals surface area contributed by atoms with Gasteiger partial charge in [0.2, 0.25) is 0 Å². The third-order valence-corrected chi connectivity index (χ3v) is 3.64. The van der Waals surface area contributed by atoms with E-state index in [9.17, 15) is 10.1 Å². The molecule has 0 radical (unpaired) electrons. The van der Waals surface area contributed by atoms with Gasteiger partial charge in [-0.1, -0.05) is 6.92 Å². The van der Waals surface area contributed by atoms with Gasteiger partial charge in [0.05, 0.1) is 5.56 Å². The topological polar surface area (TPSA) is 86.0 Å². The molecule has 1 aromatic rings. The Bertz CT molecular complexity index is 549. The van der Waals surface area contributed by atoms with Crippen molar-refractivity contribution in [2.24, 2.45) is 5.92 Å². The average molecular weight is 273 g/mol. The van der Waals surface area contributed by atoms with Crippen LogP contribution >= 0.6 is 0 Å². The maximum atomic E-state index is 10.5. The van der Waals surface area contributed by atoms with Crippen LogP contribution in [0.15, 0.2) is 6.07 Å². The monoisotopic (exact) mass is 273 g/mol. The van der Waals surface area contributed by atoms with Gasteiger partial charge in [-0.15, -0.1) is 0 Å². The molecule has 0 saturated heterocycles. The molecular formula is C15H19N3O2. The highest BCUT2D eigenvalue weighted by Crippen LogP contribution is 2.25. The maximum Gasteiger partial charge on any atom is 0.303 e. The molecule has 1 aliphatic rings. The summed E-state index contributed by atoms with van der Waals surface area (Å²) in [5.74, 6) is 0.0910. The van der Waals surface area contributed by atoms with Crippen LogP contribution in [0.25, 0.3) is 0 Å². The molecule has 5 nitrogen and oxygen atoms in total. The van der Waals surface area contributed by atoms with Crippen LogP contribution in [0.5, 0.6) is 0 Å². The number of rotatable bonds is 6. The van der Waals surface area contributed by atoms with Crippen LogP contribution in [0.1, 0.15) is 43.0 Å². The minimum atomic E-state index is -0.773. The van der Waals surface area contributed by atoms with E-state index >= 15 is 0 Å². The molecule has 0 saturated carbocycles. The van der Waals surface area contributed by atoms with Gasteiger partial charge in [-0.05, 0) is 43.2 Å². The Morgan fingerprint density at radius 2 is 2.40 bits per heavy atom. The quantitative estimate of drug-likeness (QED) is 0.831. The molecule has 20 heavy (non-hydrogen) atoms. The van der Waals surface area contributed by atoms with Gasteiger partial charge in [-0.3, -0.25) is 4.79 Å². The number of fused-ring (bicyclic) bond motifs is 1. The van der Waals surface area contributed by atoms with Gasteiger partial charge in [-0.2, -0.15) is 5.26 Å². The molecule has 0 aromatic carbocycles. The van der Waals surface area contributed by atoms with Gasteiger partial charge in [0.15, 0.2) is 0 Å². The van der Waals surface area contributed by atoms with E-state index in [1.807, 2.05) is 13.0 Å². The minimum absolute atomic E-state index is 0.172. The second-order valence-corrected chi connectivity index (χ2v) is 5.37. The van der Waals surface area contributed by atoms with E-state index in [1.165, 1.54) is 5.56 Å². The van der Waals surface area contributed by atoms with Crippen LogP contribution in [-0.2, 0) is 17.6 Å². The second kappa shape index (κ2) is 6.38. The Hall–Kier alpha value is -2.09. The number of anilines is 1. The average Bonchev–Trinajstić information content (AvgIpc) is 2.88. The van der Waals surface area contributed by atoms with Crippen LogP contribution in [0.3, 0.4) is 0 Å². The highest BCUT2D eigenvalue weighted by Gasteiger charge is 2.16. The lowest BCUT2D eigenvalue weighted by atomic mass is 10.1. The molecule has 1 aliphatic carbocycles. The molecule has 1 aromatic heterocycles. The van der Waals surface area contributed by atoms with Crippen molar-refractivity contribution in [1.82, 2.24) is 4.98 Å². The predicted octanol–water partition coefficient (Wildman–Crippen LogP) is 2.35. The molecule has 0 bridgehead atoms. The van der Waals surface area contributed by atoms with Crippen molar-refractivity contribution in [1.29, 1.82) is 5.26 Å². The number of aromatic nitrogens is 1. The third-order valence-electron chi connectivity index (χ3n) is 3.64. The highest BCUT2D eigenvalue weighted by molar-refractivity contribution is 5.66. The molecule has 1 unspecified atom stereocenters. The van der Waals surface area contributed by atoms with E-state index in [2.05, 4.69) is 16.4 Å². The normalized spacial score (nSPS) is 14.4. The van der Waals surface area contributed by atoms with Crippen molar-refractivity contribution in [2.45, 2.75) is 39.0 Å². The summed E-state index contributed by atoms with van der Waals surface area (Å²) in [4.78, 5) is 15.1. The maximum absolute atomic E-state index is 10.5. The molecule has 0 fully saturated rings. The lowest BCUT2D eigenvalue weighted by Crippen LogP contribution is -2.15. The molecule has 0 spiro atoms. The number of carboxylic acid groups (broad SMARTS) is 1. The summed E-state index contributed by atoms with van der Waals surface area (Å²) in [5.41, 5.74) is 2.85. The van der Waals surface area contributed by atoms with Gasteiger partial charge in [0, 0.05) is 18.7 Å². The van der Waals surface area contributed by atoms with Gasteiger partial charge in [0.25, 0.3) is 0 Å². The van der Waals surface area contributed by atoms with E-state index in [0.717, 1.165) is 25.0 Å². The summed E-state index contributed by atoms with van der Waals surface area (Å²) in [6, 6.07) is 4.11. The summed E-state index contributed by atoms with van der Waals surface area (Å²) in [7, 11) is 0. The fraction of sp³-hybridized carbons (Fsp3) is 0.533. The number of pyridine rings is 1. The van der Waals surface area contributed by atoms with Gasteiger partial charge in [-0.25, -0.2) is 4.98 Å². The molecular weight excluding hydrogens is 254 g/mol. The first-order chi connectivity index (χ1) is 9.60. The zero-order valence-corrected chi connectivity index (χ0v) is 11.6. The summed E-state index contributed by atoms with van der Waals surface area (Å²) in [6.07, 6.45) is 3.88. The molecule has 0 aliphatic heterocycles. The zero-order valence-electron chi connectivity index (χ0n) is 11.6. The minimum Gasteiger partial charge on any atom is -0.481 e. The fourth-order valence-corrected chi connectivity index (χ4v) is 2.43. The van der Waals surface area contributed by atoms with E-state index in [4.69, 9.17) is 5.11 Å². The highest BCUT2D eigenvalue weighted by atomic mass is 16.4. The Labute approximate surface area is 118 Å². The lowest BCUT2D eigenvalue weighted by molar-refractivity contribution is -0.137. The van der Waals surface area contributed by atoms with Crippen molar-refractivity contribution >= 4 is 11.8 Å². The number of carbonyl (C=O) groups is 1. The number of nitrogens with one attached hydrogen (secondary N) is 1. The van der Waals surface area contributed by atoms with Crippen LogP contribution < -0.4 is 5.32 Å². The first kappa shape index (κ1) is 14.3. The molecule has 5 heteroatoms. The van der Waals surface area contributed by atoms with Crippen LogP contribution in [0.2, 0.25) is 0 Å². The Morgan fingerprint density at radius 1 is 1.60 bits per heavy atom. The largest absolute Gasteiger partial charge is 0.481 e. The summed E-state index contributed by atoms with van der Waals surface area (Å²) < 4.78 is 0. The SMILES string of the molecule is CC(CCC(=O)O)CNc1nc2c(cc1C#N)CCC2. The number of hydrogen-bond acceptors (Lipinski definition) is 4. The predicted molar refractivity (Wildman–Crippen MR) is 75.5 cm³/mol. The molecule has 1 atom stereocenters. The second-order valence-electron chi connectivity index (χ2n) is 5.37. The number of aliphatic carboxylic acids is 1. The van der Waals surface area contributed by atoms with E-state index in [-0.39, 0.29) is 12.3 Å². The first-order valence-electron chi connectivity index (χ1n) is 6.98. The smallest absolute Gasteiger partial charge is 0.303 e. The molecule has 106 valence electrons. The van der Waals surface area contributed by atoms with Gasteiger partial charge < -0.3 is 10.4 Å². The summed E-state index contributed by atoms with van der Waals surface area (Å²) in [5, 5.41) is 21.0. The van der Waals surface area contributed by atoms with Crippen molar-refractivity contribution in [3.63, 3.8) is 0 Å². The number of aryl methyl sites for hydroxylation is 2. The van der Waals surface area contributed by atoms with E-state index in [1.54, 1.807) is 0 Å². The Kier molecular flexibility index (Phi) is 4.57. The fourth-order valence-electron chi connectivity index (χ4n) is 2.43. The van der Waals surface area contributed by atoms with E-state index < -0.39 is 5.97 Å². The van der Waals surface area contributed by atoms with Gasteiger partial charge in [0.1, 0.15) is 11.9 Å². The standard InChI is InChI=1S/C15H19N3O2/c1-10(5-6-14(19)20)9-17-15-12(8-16)7-11-3-2-4-13(11)18-15/h7,10H,2-6,9H2,1H3,(H,17,18)(H,19,20). The molecule has 1 heterocycles. The summed E-state index contributed by atoms with van der Waals surface area (Å²) in [6.45, 7) is 2.63. The van der Waals surface area contributed by atoms with Crippen molar-refractivity contribution < 1.29 is 9.90 Å².